The molecule has 2 aliphatic heterocycles. The van der Waals surface area contributed by atoms with E-state index in [9.17, 15) is 14.4 Å². The van der Waals surface area contributed by atoms with E-state index in [-0.39, 0.29) is 30.8 Å². The molecule has 2 N–H and O–H groups in total. The Bertz CT molecular complexity index is 659. The minimum Gasteiger partial charge on any atom is -0.332 e. The van der Waals surface area contributed by atoms with Gasteiger partial charge in [0, 0.05) is 32.6 Å². The molecule has 25 heavy (non-hydrogen) atoms. The number of rotatable bonds is 4. The summed E-state index contributed by atoms with van der Waals surface area (Å²) in [6.07, 6.45) is 1.22. The Balaban J connectivity index is 1.70. The van der Waals surface area contributed by atoms with Crippen LogP contribution in [0.15, 0.2) is 24.3 Å². The topological polar surface area (TPSA) is 81.8 Å². The van der Waals surface area contributed by atoms with E-state index in [0.29, 0.717) is 19.6 Å². The molecule has 1 aromatic carbocycles. The number of aryl methyl sites for hydroxylation is 1. The van der Waals surface area contributed by atoms with Crippen molar-refractivity contribution in [1.29, 1.82) is 0 Å². The number of hydrogen-bond acceptors (Lipinski definition) is 4. The third kappa shape index (κ3) is 3.99. The lowest BCUT2D eigenvalue weighted by molar-refractivity contribution is -0.136. The van der Waals surface area contributed by atoms with Gasteiger partial charge in [0.15, 0.2) is 0 Å². The van der Waals surface area contributed by atoms with Crippen molar-refractivity contribution in [2.24, 2.45) is 0 Å². The van der Waals surface area contributed by atoms with E-state index in [1.54, 1.807) is 0 Å². The molecule has 2 fully saturated rings. The average molecular weight is 344 g/mol. The van der Waals surface area contributed by atoms with Gasteiger partial charge in [0.2, 0.25) is 11.8 Å². The molecule has 0 radical (unpaired) electrons. The van der Waals surface area contributed by atoms with Crippen molar-refractivity contribution in [3.63, 3.8) is 0 Å². The number of urea groups is 1. The molecule has 1 atom stereocenters. The number of nitrogens with one attached hydrogen (secondary N) is 2. The van der Waals surface area contributed by atoms with Gasteiger partial charge in [-0.05, 0) is 17.5 Å². The van der Waals surface area contributed by atoms with E-state index >= 15 is 0 Å². The number of piperazine rings is 1. The molecule has 0 bridgehead atoms. The van der Waals surface area contributed by atoms with Crippen molar-refractivity contribution >= 4 is 17.8 Å². The third-order valence-electron chi connectivity index (χ3n) is 4.80. The van der Waals surface area contributed by atoms with Crippen LogP contribution in [-0.2, 0) is 16.0 Å². The Morgan fingerprint density at radius 2 is 1.96 bits per heavy atom. The van der Waals surface area contributed by atoms with Gasteiger partial charge in [-0.15, -0.1) is 0 Å². The van der Waals surface area contributed by atoms with Crippen molar-refractivity contribution in [2.45, 2.75) is 25.8 Å². The first kappa shape index (κ1) is 17.4. The molecule has 1 aromatic rings. The number of nitrogens with zero attached hydrogens (tertiary/aromatic N) is 2. The molecule has 2 aliphatic rings. The predicted molar refractivity (Wildman–Crippen MR) is 92.9 cm³/mol. The SMILES string of the molecule is CCc1ccc(C2CNCCN2C(=O)CN2CCC(=O)NC2=O)cc1. The Labute approximate surface area is 147 Å². The minimum atomic E-state index is -0.483. The van der Waals surface area contributed by atoms with Gasteiger partial charge >= 0.3 is 6.03 Å². The fraction of sp³-hybridized carbons (Fsp3) is 0.500. The lowest BCUT2D eigenvalue weighted by Gasteiger charge is -2.38. The van der Waals surface area contributed by atoms with E-state index in [1.807, 2.05) is 4.90 Å². The molecular weight excluding hydrogens is 320 g/mol. The smallest absolute Gasteiger partial charge is 0.324 e. The molecule has 2 saturated heterocycles. The summed E-state index contributed by atoms with van der Waals surface area (Å²) < 4.78 is 0. The lowest BCUT2D eigenvalue weighted by atomic mass is 10.0. The largest absolute Gasteiger partial charge is 0.332 e. The second-order valence-electron chi connectivity index (χ2n) is 6.43. The minimum absolute atomic E-state index is 0.00264. The zero-order chi connectivity index (χ0) is 17.8. The van der Waals surface area contributed by atoms with Crippen LogP contribution in [0.2, 0.25) is 0 Å². The number of carbonyl (C=O) groups is 3. The highest BCUT2D eigenvalue weighted by molar-refractivity contribution is 5.98. The van der Waals surface area contributed by atoms with Crippen LogP contribution in [0.25, 0.3) is 0 Å². The van der Waals surface area contributed by atoms with Gasteiger partial charge in [-0.25, -0.2) is 4.79 Å². The highest BCUT2D eigenvalue weighted by Gasteiger charge is 2.31. The first-order chi connectivity index (χ1) is 12.1. The number of benzene rings is 1. The maximum absolute atomic E-state index is 12.8. The van der Waals surface area contributed by atoms with Gasteiger partial charge in [-0.3, -0.25) is 14.9 Å². The average Bonchev–Trinajstić information content (AvgIpc) is 2.64. The van der Waals surface area contributed by atoms with Crippen LogP contribution in [0.1, 0.15) is 30.5 Å². The van der Waals surface area contributed by atoms with E-state index in [1.165, 1.54) is 10.5 Å². The number of carbonyl (C=O) groups excluding carboxylic acids is 3. The summed E-state index contributed by atoms with van der Waals surface area (Å²) in [6, 6.07) is 7.81. The maximum atomic E-state index is 12.8. The summed E-state index contributed by atoms with van der Waals surface area (Å²) in [4.78, 5) is 39.1. The molecule has 1 unspecified atom stereocenters. The van der Waals surface area contributed by atoms with E-state index < -0.39 is 6.03 Å². The lowest BCUT2D eigenvalue weighted by Crippen LogP contribution is -2.55. The van der Waals surface area contributed by atoms with Crippen LogP contribution in [0.5, 0.6) is 0 Å². The predicted octanol–water partition coefficient (Wildman–Crippen LogP) is 0.664. The maximum Gasteiger partial charge on any atom is 0.324 e. The standard InChI is InChI=1S/C18H24N4O3/c1-2-13-3-5-14(6-4-13)15-11-19-8-10-22(15)17(24)12-21-9-7-16(23)20-18(21)25/h3-6,15,19H,2,7-12H2,1H3,(H,20,23,25). The van der Waals surface area contributed by atoms with Gasteiger partial charge < -0.3 is 15.1 Å². The van der Waals surface area contributed by atoms with Crippen molar-refractivity contribution in [1.82, 2.24) is 20.4 Å². The first-order valence-electron chi connectivity index (χ1n) is 8.76. The Hall–Kier alpha value is -2.41. The molecule has 0 spiro atoms. The van der Waals surface area contributed by atoms with Crippen molar-refractivity contribution in [3.05, 3.63) is 35.4 Å². The summed E-state index contributed by atoms with van der Waals surface area (Å²) in [5.41, 5.74) is 2.36. The van der Waals surface area contributed by atoms with Crippen LogP contribution in [0.4, 0.5) is 4.79 Å². The molecule has 7 heteroatoms. The monoisotopic (exact) mass is 344 g/mol. The first-order valence-corrected chi connectivity index (χ1v) is 8.76. The third-order valence-corrected chi connectivity index (χ3v) is 4.80. The van der Waals surface area contributed by atoms with E-state index in [4.69, 9.17) is 0 Å². The molecule has 0 saturated carbocycles. The summed E-state index contributed by atoms with van der Waals surface area (Å²) >= 11 is 0. The second-order valence-corrected chi connectivity index (χ2v) is 6.43. The van der Waals surface area contributed by atoms with Crippen molar-refractivity contribution < 1.29 is 14.4 Å². The normalized spacial score (nSPS) is 21.2. The molecule has 7 nitrogen and oxygen atoms in total. The summed E-state index contributed by atoms with van der Waals surface area (Å²) in [5.74, 6) is -0.375. The number of hydrogen-bond donors (Lipinski definition) is 2. The fourth-order valence-electron chi connectivity index (χ4n) is 3.28. The number of amides is 4. The van der Waals surface area contributed by atoms with Crippen molar-refractivity contribution in [3.8, 4) is 0 Å². The second kappa shape index (κ2) is 7.65. The molecule has 2 heterocycles. The summed E-state index contributed by atoms with van der Waals surface area (Å²) in [6.45, 7) is 4.44. The van der Waals surface area contributed by atoms with E-state index in [0.717, 1.165) is 18.5 Å². The van der Waals surface area contributed by atoms with E-state index in [2.05, 4.69) is 41.8 Å². The van der Waals surface area contributed by atoms with Crippen LogP contribution in [0.3, 0.4) is 0 Å². The Morgan fingerprint density at radius 3 is 2.64 bits per heavy atom. The molecule has 4 amide bonds. The molecular formula is C18H24N4O3. The molecule has 3 rings (SSSR count). The highest BCUT2D eigenvalue weighted by Crippen LogP contribution is 2.23. The molecule has 0 aromatic heterocycles. The van der Waals surface area contributed by atoms with Gasteiger partial charge in [0.25, 0.3) is 0 Å². The summed E-state index contributed by atoms with van der Waals surface area (Å²) in [7, 11) is 0. The fourth-order valence-corrected chi connectivity index (χ4v) is 3.28. The van der Waals surface area contributed by atoms with Crippen LogP contribution < -0.4 is 10.6 Å². The molecule has 0 aliphatic carbocycles. The van der Waals surface area contributed by atoms with Gasteiger partial charge in [0.1, 0.15) is 6.54 Å². The molecule has 134 valence electrons. The quantitative estimate of drug-likeness (QED) is 0.841. The zero-order valence-corrected chi connectivity index (χ0v) is 14.5. The van der Waals surface area contributed by atoms with Crippen molar-refractivity contribution in [2.75, 3.05) is 32.7 Å². The summed E-state index contributed by atoms with van der Waals surface area (Å²) in [5, 5.41) is 5.59. The highest BCUT2D eigenvalue weighted by atomic mass is 16.2. The van der Waals surface area contributed by atoms with Crippen LogP contribution in [0, 0.1) is 0 Å². The Kier molecular flexibility index (Phi) is 5.33. The zero-order valence-electron chi connectivity index (χ0n) is 14.5. The van der Waals surface area contributed by atoms with Crippen LogP contribution in [-0.4, -0.2) is 60.4 Å². The Morgan fingerprint density at radius 1 is 1.20 bits per heavy atom. The van der Waals surface area contributed by atoms with Gasteiger partial charge in [0.05, 0.1) is 6.04 Å². The van der Waals surface area contributed by atoms with Crippen LogP contribution >= 0.6 is 0 Å². The van der Waals surface area contributed by atoms with Gasteiger partial charge in [-0.2, -0.15) is 0 Å². The number of imide groups is 1. The van der Waals surface area contributed by atoms with Gasteiger partial charge in [-0.1, -0.05) is 31.2 Å².